The molecule has 1 fully saturated rings. The van der Waals surface area contributed by atoms with Crippen molar-refractivity contribution >= 4 is 21.8 Å². The number of hydrogen-bond donors (Lipinski definition) is 1. The fraction of sp³-hybridized carbons (Fsp3) is 0.300. The van der Waals surface area contributed by atoms with Crippen molar-refractivity contribution in [3.8, 4) is 5.69 Å². The number of nitrogens with zero attached hydrogens (tertiary/aromatic N) is 5. The number of carbonyl (C=O) groups excluding carboxylic acids is 1. The Hall–Kier alpha value is -2.58. The van der Waals surface area contributed by atoms with Gasteiger partial charge in [-0.1, -0.05) is 46.3 Å². The number of aromatic nitrogens is 4. The molecule has 8 heteroatoms. The molecule has 3 aromatic rings. The second-order valence-electron chi connectivity index (χ2n) is 6.93. The number of hydrogen-bond acceptors (Lipinski definition) is 5. The standard InChI is InChI=1S/C20H21BrN6O/c21-16-6-7-19(27-14-22-24-25-27)18(12-16)20(28)23-17-8-10-26(11-9-17)13-15-4-2-1-3-5-15/h1-7,12,14,17H,8-11,13H2,(H,23,28). The molecule has 0 radical (unpaired) electrons. The Kier molecular flexibility index (Phi) is 5.78. The molecule has 2 heterocycles. The summed E-state index contributed by atoms with van der Waals surface area (Å²) in [6.07, 6.45) is 3.36. The molecule has 4 rings (SSSR count). The van der Waals surface area contributed by atoms with Crippen molar-refractivity contribution in [2.45, 2.75) is 25.4 Å². The van der Waals surface area contributed by atoms with Crippen LogP contribution < -0.4 is 5.32 Å². The van der Waals surface area contributed by atoms with E-state index in [1.54, 1.807) is 6.07 Å². The van der Waals surface area contributed by atoms with Gasteiger partial charge in [-0.15, -0.1) is 5.10 Å². The molecule has 1 N–H and O–H groups in total. The number of tetrazole rings is 1. The van der Waals surface area contributed by atoms with Gasteiger partial charge in [0.25, 0.3) is 5.91 Å². The van der Waals surface area contributed by atoms with Crippen LogP contribution >= 0.6 is 15.9 Å². The third kappa shape index (κ3) is 4.45. The van der Waals surface area contributed by atoms with Gasteiger partial charge in [0.15, 0.2) is 0 Å². The summed E-state index contributed by atoms with van der Waals surface area (Å²) in [5.74, 6) is -0.103. The molecule has 0 aliphatic carbocycles. The molecular formula is C20H21BrN6O. The van der Waals surface area contributed by atoms with Crippen molar-refractivity contribution in [2.24, 2.45) is 0 Å². The molecule has 0 unspecified atom stereocenters. The fourth-order valence-corrected chi connectivity index (χ4v) is 3.86. The molecule has 0 spiro atoms. The summed E-state index contributed by atoms with van der Waals surface area (Å²) in [7, 11) is 0. The van der Waals surface area contributed by atoms with Crippen molar-refractivity contribution in [3.05, 3.63) is 70.5 Å². The third-order valence-corrected chi connectivity index (χ3v) is 5.46. The van der Waals surface area contributed by atoms with Crippen molar-refractivity contribution in [3.63, 3.8) is 0 Å². The van der Waals surface area contributed by atoms with E-state index in [-0.39, 0.29) is 11.9 Å². The predicted octanol–water partition coefficient (Wildman–Crippen LogP) is 2.82. The molecule has 0 atom stereocenters. The predicted molar refractivity (Wildman–Crippen MR) is 109 cm³/mol. The van der Waals surface area contributed by atoms with Crippen LogP contribution in [0.1, 0.15) is 28.8 Å². The normalized spacial score (nSPS) is 15.5. The molecule has 7 nitrogen and oxygen atoms in total. The number of nitrogens with one attached hydrogen (secondary N) is 1. The quantitative estimate of drug-likeness (QED) is 0.659. The Morgan fingerprint density at radius 1 is 1.14 bits per heavy atom. The van der Waals surface area contributed by atoms with Gasteiger partial charge in [-0.3, -0.25) is 9.69 Å². The highest BCUT2D eigenvalue weighted by atomic mass is 79.9. The van der Waals surface area contributed by atoms with E-state index in [1.807, 2.05) is 18.2 Å². The average molecular weight is 441 g/mol. The van der Waals surface area contributed by atoms with Gasteiger partial charge in [-0.25, -0.2) is 0 Å². The Morgan fingerprint density at radius 2 is 1.93 bits per heavy atom. The number of piperidine rings is 1. The summed E-state index contributed by atoms with van der Waals surface area (Å²) in [6, 6.07) is 16.2. The van der Waals surface area contributed by atoms with Crippen LogP contribution in [0.25, 0.3) is 5.69 Å². The van der Waals surface area contributed by atoms with E-state index in [4.69, 9.17) is 0 Å². The Balaban J connectivity index is 1.38. The van der Waals surface area contributed by atoms with E-state index >= 15 is 0 Å². The lowest BCUT2D eigenvalue weighted by atomic mass is 10.0. The van der Waals surface area contributed by atoms with E-state index in [9.17, 15) is 4.79 Å². The van der Waals surface area contributed by atoms with Crippen LogP contribution in [0.4, 0.5) is 0 Å². The van der Waals surface area contributed by atoms with Crippen molar-refractivity contribution in [2.75, 3.05) is 13.1 Å². The molecule has 28 heavy (non-hydrogen) atoms. The first-order valence-electron chi connectivity index (χ1n) is 9.29. The summed E-state index contributed by atoms with van der Waals surface area (Å²) in [5.41, 5.74) is 2.53. The first-order chi connectivity index (χ1) is 13.7. The summed E-state index contributed by atoms with van der Waals surface area (Å²) < 4.78 is 2.34. The minimum Gasteiger partial charge on any atom is -0.349 e. The van der Waals surface area contributed by atoms with Crippen LogP contribution in [0, 0.1) is 0 Å². The highest BCUT2D eigenvalue weighted by Crippen LogP contribution is 2.21. The van der Waals surface area contributed by atoms with E-state index in [0.717, 1.165) is 36.9 Å². The summed E-state index contributed by atoms with van der Waals surface area (Å²) in [4.78, 5) is 15.4. The molecule has 2 aromatic carbocycles. The number of benzene rings is 2. The SMILES string of the molecule is O=C(NC1CCN(Cc2ccccc2)CC1)c1cc(Br)ccc1-n1cnnn1. The van der Waals surface area contributed by atoms with Gasteiger partial charge in [-0.05, 0) is 47.0 Å². The average Bonchev–Trinajstić information content (AvgIpc) is 3.25. The van der Waals surface area contributed by atoms with Crippen LogP contribution in [-0.4, -0.2) is 50.1 Å². The number of halogens is 1. The largest absolute Gasteiger partial charge is 0.349 e. The smallest absolute Gasteiger partial charge is 0.253 e. The lowest BCUT2D eigenvalue weighted by Crippen LogP contribution is -2.44. The van der Waals surface area contributed by atoms with Gasteiger partial charge in [0.05, 0.1) is 11.3 Å². The maximum atomic E-state index is 12.9. The van der Waals surface area contributed by atoms with Crippen LogP contribution in [0.15, 0.2) is 59.3 Å². The highest BCUT2D eigenvalue weighted by Gasteiger charge is 2.23. The minimum absolute atomic E-state index is 0.103. The van der Waals surface area contributed by atoms with E-state index in [0.29, 0.717) is 11.3 Å². The number of carbonyl (C=O) groups is 1. The Bertz CT molecular complexity index is 923. The first-order valence-corrected chi connectivity index (χ1v) is 10.1. The zero-order valence-corrected chi connectivity index (χ0v) is 16.9. The van der Waals surface area contributed by atoms with Crippen LogP contribution in [0.2, 0.25) is 0 Å². The van der Waals surface area contributed by atoms with Gasteiger partial charge in [0, 0.05) is 30.1 Å². The molecule has 1 aliphatic rings. The first kappa shape index (κ1) is 18.8. The zero-order valence-electron chi connectivity index (χ0n) is 15.3. The second-order valence-corrected chi connectivity index (χ2v) is 7.84. The van der Waals surface area contributed by atoms with Crippen molar-refractivity contribution in [1.29, 1.82) is 0 Å². The molecule has 1 aliphatic heterocycles. The number of amides is 1. The molecule has 1 saturated heterocycles. The molecule has 0 saturated carbocycles. The van der Waals surface area contributed by atoms with Gasteiger partial charge in [-0.2, -0.15) is 4.68 Å². The molecule has 1 amide bonds. The van der Waals surface area contributed by atoms with E-state index in [2.05, 4.69) is 65.9 Å². The maximum absolute atomic E-state index is 12.9. The van der Waals surface area contributed by atoms with Crippen LogP contribution in [0.5, 0.6) is 0 Å². The fourth-order valence-electron chi connectivity index (χ4n) is 3.50. The molecule has 0 bridgehead atoms. The Labute approximate surface area is 171 Å². The molecule has 144 valence electrons. The van der Waals surface area contributed by atoms with Crippen LogP contribution in [-0.2, 0) is 6.54 Å². The van der Waals surface area contributed by atoms with Gasteiger partial charge in [0.1, 0.15) is 6.33 Å². The summed E-state index contributed by atoms with van der Waals surface area (Å²) >= 11 is 3.44. The topological polar surface area (TPSA) is 75.9 Å². The van der Waals surface area contributed by atoms with Gasteiger partial charge in [0.2, 0.25) is 0 Å². The Morgan fingerprint density at radius 3 is 2.64 bits per heavy atom. The summed E-state index contributed by atoms with van der Waals surface area (Å²) in [6.45, 7) is 2.90. The second kappa shape index (κ2) is 8.62. The van der Waals surface area contributed by atoms with Gasteiger partial charge < -0.3 is 5.32 Å². The highest BCUT2D eigenvalue weighted by molar-refractivity contribution is 9.10. The van der Waals surface area contributed by atoms with E-state index < -0.39 is 0 Å². The third-order valence-electron chi connectivity index (χ3n) is 4.97. The lowest BCUT2D eigenvalue weighted by molar-refractivity contribution is 0.0908. The van der Waals surface area contributed by atoms with Crippen LogP contribution in [0.3, 0.4) is 0 Å². The number of rotatable bonds is 5. The van der Waals surface area contributed by atoms with Crippen molar-refractivity contribution < 1.29 is 4.79 Å². The van der Waals surface area contributed by atoms with Crippen molar-refractivity contribution in [1.82, 2.24) is 30.4 Å². The zero-order chi connectivity index (χ0) is 19.3. The monoisotopic (exact) mass is 440 g/mol. The maximum Gasteiger partial charge on any atom is 0.253 e. The lowest BCUT2D eigenvalue weighted by Gasteiger charge is -2.32. The number of likely N-dealkylation sites (tertiary alicyclic amines) is 1. The van der Waals surface area contributed by atoms with Gasteiger partial charge >= 0.3 is 0 Å². The molecule has 1 aromatic heterocycles. The molecular weight excluding hydrogens is 420 g/mol. The van der Waals surface area contributed by atoms with E-state index in [1.165, 1.54) is 16.6 Å². The summed E-state index contributed by atoms with van der Waals surface area (Å²) in [5, 5.41) is 14.4. The minimum atomic E-state index is -0.103.